The molecule has 0 aliphatic carbocycles. The molecule has 2 aromatic rings. The van der Waals surface area contributed by atoms with E-state index in [2.05, 4.69) is 15.5 Å². The number of aryl methyl sites for hydroxylation is 1. The first kappa shape index (κ1) is 15.4. The number of aromatic nitrogens is 4. The summed E-state index contributed by atoms with van der Waals surface area (Å²) in [6.07, 6.45) is 0. The number of amides is 1. The van der Waals surface area contributed by atoms with Gasteiger partial charge < -0.3 is 4.90 Å². The quantitative estimate of drug-likeness (QED) is 0.783. The Morgan fingerprint density at radius 3 is 2.90 bits per heavy atom. The lowest BCUT2D eigenvalue weighted by Crippen LogP contribution is -2.33. The molecule has 0 N–H and O–H groups in total. The third-order valence-electron chi connectivity index (χ3n) is 2.90. The second-order valence-electron chi connectivity index (χ2n) is 4.67. The van der Waals surface area contributed by atoms with Gasteiger partial charge in [0.2, 0.25) is 11.1 Å². The monoisotopic (exact) mass is 309 g/mol. The molecule has 8 heteroatoms. The summed E-state index contributed by atoms with van der Waals surface area (Å²) in [7, 11) is 3.41. The Morgan fingerprint density at radius 1 is 1.52 bits per heavy atom. The number of benzene rings is 1. The number of hydrogen-bond donors (Lipinski definition) is 0. The van der Waals surface area contributed by atoms with Crippen LogP contribution in [0.25, 0.3) is 0 Å². The maximum Gasteiger partial charge on any atom is 0.235 e. The zero-order valence-corrected chi connectivity index (χ0v) is 12.8. The highest BCUT2D eigenvalue weighted by Crippen LogP contribution is 2.21. The molecule has 6 nitrogen and oxygen atoms in total. The fourth-order valence-corrected chi connectivity index (χ4v) is 2.70. The lowest BCUT2D eigenvalue weighted by atomic mass is 10.2. The number of tetrazole rings is 1. The molecule has 1 heterocycles. The Bertz CT molecular complexity index is 633. The van der Waals surface area contributed by atoms with E-state index in [1.165, 1.54) is 28.6 Å². The highest BCUT2D eigenvalue weighted by molar-refractivity contribution is 8.00. The van der Waals surface area contributed by atoms with Crippen LogP contribution >= 0.6 is 11.8 Å². The number of hydrogen-bond acceptors (Lipinski definition) is 5. The highest BCUT2D eigenvalue weighted by atomic mass is 32.2. The van der Waals surface area contributed by atoms with E-state index in [1.807, 2.05) is 0 Å². The number of thioether (sulfide) groups is 1. The first-order chi connectivity index (χ1) is 9.97. The van der Waals surface area contributed by atoms with Crippen molar-refractivity contribution in [2.45, 2.75) is 23.9 Å². The molecule has 0 unspecified atom stereocenters. The molecule has 0 aliphatic rings. The summed E-state index contributed by atoms with van der Waals surface area (Å²) in [4.78, 5) is 13.9. The van der Waals surface area contributed by atoms with Crippen LogP contribution in [0.2, 0.25) is 0 Å². The average Bonchev–Trinajstić information content (AvgIpc) is 2.83. The minimum atomic E-state index is -0.326. The van der Waals surface area contributed by atoms with Crippen molar-refractivity contribution in [1.29, 1.82) is 0 Å². The summed E-state index contributed by atoms with van der Waals surface area (Å²) in [5, 5.41) is 11.3. The Hall–Kier alpha value is -1.96. The van der Waals surface area contributed by atoms with Crippen molar-refractivity contribution in [2.75, 3.05) is 7.05 Å². The third kappa shape index (κ3) is 4.01. The van der Waals surface area contributed by atoms with Crippen molar-refractivity contribution in [3.05, 3.63) is 35.6 Å². The molecule has 0 saturated carbocycles. The molecule has 0 radical (unpaired) electrons. The van der Waals surface area contributed by atoms with Crippen LogP contribution in [0.5, 0.6) is 0 Å². The van der Waals surface area contributed by atoms with E-state index < -0.39 is 0 Å². The summed E-state index contributed by atoms with van der Waals surface area (Å²) < 4.78 is 14.7. The van der Waals surface area contributed by atoms with Crippen LogP contribution in [0.3, 0.4) is 0 Å². The summed E-state index contributed by atoms with van der Waals surface area (Å²) in [6.45, 7) is 2.16. The molecule has 1 amide bonds. The first-order valence-corrected chi connectivity index (χ1v) is 7.24. The molecule has 21 heavy (non-hydrogen) atoms. The van der Waals surface area contributed by atoms with Gasteiger partial charge in [0.1, 0.15) is 5.82 Å². The van der Waals surface area contributed by atoms with Gasteiger partial charge in [-0.15, -0.1) is 5.10 Å². The molecule has 1 aromatic heterocycles. The lowest BCUT2D eigenvalue weighted by molar-refractivity contribution is -0.129. The molecule has 112 valence electrons. The van der Waals surface area contributed by atoms with Crippen LogP contribution in [0.1, 0.15) is 12.5 Å². The number of nitrogens with zero attached hydrogens (tertiary/aromatic N) is 5. The predicted molar refractivity (Wildman–Crippen MR) is 77.0 cm³/mol. The van der Waals surface area contributed by atoms with Crippen molar-refractivity contribution in [3.8, 4) is 0 Å². The number of halogens is 1. The summed E-state index contributed by atoms with van der Waals surface area (Å²) >= 11 is 1.29. The largest absolute Gasteiger partial charge is 0.340 e. The van der Waals surface area contributed by atoms with Crippen molar-refractivity contribution in [2.24, 2.45) is 7.05 Å². The van der Waals surface area contributed by atoms with E-state index in [0.29, 0.717) is 11.7 Å². The lowest BCUT2D eigenvalue weighted by Gasteiger charge is -2.20. The Labute approximate surface area is 126 Å². The van der Waals surface area contributed by atoms with Crippen LogP contribution in [0.15, 0.2) is 29.4 Å². The van der Waals surface area contributed by atoms with Gasteiger partial charge in [-0.05, 0) is 35.0 Å². The van der Waals surface area contributed by atoms with Crippen LogP contribution in [0.4, 0.5) is 4.39 Å². The van der Waals surface area contributed by atoms with Gasteiger partial charge in [0.25, 0.3) is 0 Å². The number of carbonyl (C=O) groups excluding carboxylic acids is 1. The first-order valence-electron chi connectivity index (χ1n) is 6.36. The van der Waals surface area contributed by atoms with E-state index in [0.717, 1.165) is 5.56 Å². The Balaban J connectivity index is 1.97. The van der Waals surface area contributed by atoms with Gasteiger partial charge in [0.05, 0.1) is 5.25 Å². The topological polar surface area (TPSA) is 63.9 Å². The fraction of sp³-hybridized carbons (Fsp3) is 0.385. The molecule has 0 spiro atoms. The molecule has 0 saturated heterocycles. The van der Waals surface area contributed by atoms with Crippen molar-refractivity contribution < 1.29 is 9.18 Å². The standard InChI is InChI=1S/C13H16FN5OS/c1-9(21-13-15-16-17-19(13)3)12(20)18(2)8-10-5-4-6-11(14)7-10/h4-7,9H,8H2,1-3H3/t9-/m1/s1. The predicted octanol–water partition coefficient (Wildman–Crippen LogP) is 1.49. The molecular weight excluding hydrogens is 293 g/mol. The average molecular weight is 309 g/mol. The van der Waals surface area contributed by atoms with E-state index in [4.69, 9.17) is 0 Å². The Kier molecular flexibility index (Phi) is 4.89. The van der Waals surface area contributed by atoms with E-state index in [-0.39, 0.29) is 17.0 Å². The molecule has 0 bridgehead atoms. The van der Waals surface area contributed by atoms with Crippen molar-refractivity contribution >= 4 is 17.7 Å². The number of carbonyl (C=O) groups is 1. The van der Waals surface area contributed by atoms with Gasteiger partial charge in [-0.2, -0.15) is 0 Å². The highest BCUT2D eigenvalue weighted by Gasteiger charge is 2.21. The number of rotatable bonds is 5. The second kappa shape index (κ2) is 6.66. The molecular formula is C13H16FN5OS. The van der Waals surface area contributed by atoms with E-state index in [1.54, 1.807) is 38.1 Å². The summed E-state index contributed by atoms with van der Waals surface area (Å²) in [6, 6.07) is 6.22. The molecule has 1 atom stereocenters. The van der Waals surface area contributed by atoms with Crippen molar-refractivity contribution in [3.63, 3.8) is 0 Å². The van der Waals surface area contributed by atoms with E-state index in [9.17, 15) is 9.18 Å². The van der Waals surface area contributed by atoms with Gasteiger partial charge in [-0.1, -0.05) is 23.9 Å². The minimum absolute atomic E-state index is 0.0627. The molecule has 0 aliphatic heterocycles. The molecule has 0 fully saturated rings. The van der Waals surface area contributed by atoms with Crippen LogP contribution in [0, 0.1) is 5.82 Å². The summed E-state index contributed by atoms with van der Waals surface area (Å²) in [5.41, 5.74) is 0.753. The maximum atomic E-state index is 13.1. The van der Waals surface area contributed by atoms with Gasteiger partial charge in [0.15, 0.2) is 0 Å². The normalized spacial score (nSPS) is 12.2. The smallest absolute Gasteiger partial charge is 0.235 e. The Morgan fingerprint density at radius 2 is 2.29 bits per heavy atom. The third-order valence-corrected chi connectivity index (χ3v) is 4.01. The van der Waals surface area contributed by atoms with Gasteiger partial charge in [-0.3, -0.25) is 4.79 Å². The fourth-order valence-electron chi connectivity index (χ4n) is 1.83. The maximum absolute atomic E-state index is 13.1. The van der Waals surface area contributed by atoms with Gasteiger partial charge in [0, 0.05) is 20.6 Å². The minimum Gasteiger partial charge on any atom is -0.340 e. The van der Waals surface area contributed by atoms with Gasteiger partial charge >= 0.3 is 0 Å². The zero-order valence-electron chi connectivity index (χ0n) is 12.0. The SMILES string of the molecule is C[C@@H](Sc1nnnn1C)C(=O)N(C)Cc1cccc(F)c1. The summed E-state index contributed by atoms with van der Waals surface area (Å²) in [5.74, 6) is -0.367. The van der Waals surface area contributed by atoms with E-state index >= 15 is 0 Å². The second-order valence-corrected chi connectivity index (χ2v) is 5.98. The molecule has 1 aromatic carbocycles. The van der Waals surface area contributed by atoms with Gasteiger partial charge in [-0.25, -0.2) is 9.07 Å². The zero-order chi connectivity index (χ0) is 15.4. The van der Waals surface area contributed by atoms with Crippen molar-refractivity contribution in [1.82, 2.24) is 25.1 Å². The van der Waals surface area contributed by atoms with Crippen LogP contribution in [-0.2, 0) is 18.4 Å². The van der Waals surface area contributed by atoms with Crippen LogP contribution < -0.4 is 0 Å². The molecule has 2 rings (SSSR count). The van der Waals surface area contributed by atoms with Crippen LogP contribution in [-0.4, -0.2) is 43.3 Å².